The second-order valence-electron chi connectivity index (χ2n) is 4.30. The first-order valence-corrected chi connectivity index (χ1v) is 6.39. The molecule has 0 aliphatic heterocycles. The Bertz CT molecular complexity index is 641. The van der Waals surface area contributed by atoms with E-state index in [1.165, 1.54) is 18.2 Å². The summed E-state index contributed by atoms with van der Waals surface area (Å²) in [6.45, 7) is 0. The Hall–Kier alpha value is -2.27. The summed E-state index contributed by atoms with van der Waals surface area (Å²) in [6.07, 6.45) is 0.501. The fourth-order valence-corrected chi connectivity index (χ4v) is 1.91. The van der Waals surface area contributed by atoms with Crippen LogP contribution >= 0.6 is 12.2 Å². The van der Waals surface area contributed by atoms with Crippen molar-refractivity contribution in [2.45, 2.75) is 6.42 Å². The van der Waals surface area contributed by atoms with Crippen LogP contribution in [0.2, 0.25) is 0 Å². The molecule has 1 amide bonds. The zero-order valence-corrected chi connectivity index (χ0v) is 11.4. The highest BCUT2D eigenvalue weighted by Crippen LogP contribution is 2.12. The number of halogens is 1. The molecule has 0 aliphatic carbocycles. The smallest absolute Gasteiger partial charge is 0.255 e. The number of amides is 1. The van der Waals surface area contributed by atoms with Crippen molar-refractivity contribution in [1.29, 1.82) is 0 Å². The van der Waals surface area contributed by atoms with Gasteiger partial charge >= 0.3 is 0 Å². The van der Waals surface area contributed by atoms with Crippen molar-refractivity contribution in [2.75, 3.05) is 5.32 Å². The van der Waals surface area contributed by atoms with Crippen LogP contribution in [0, 0.1) is 5.82 Å². The quantitative estimate of drug-likeness (QED) is 0.851. The van der Waals surface area contributed by atoms with Gasteiger partial charge in [-0.2, -0.15) is 0 Å². The molecule has 0 bridgehead atoms. The zero-order valence-electron chi connectivity index (χ0n) is 10.6. The van der Waals surface area contributed by atoms with Crippen LogP contribution in [-0.4, -0.2) is 10.9 Å². The fourth-order valence-electron chi connectivity index (χ4n) is 1.74. The van der Waals surface area contributed by atoms with Gasteiger partial charge in [0.05, 0.1) is 4.99 Å². The standard InChI is InChI=1S/C15H13FN2OS/c16-12-2-1-3-13(9-12)18-15(19)11-6-4-10(5-7-11)8-14(17)20/h1-7,9H,8H2,(H2,17,20)(H,18,19). The van der Waals surface area contributed by atoms with Crippen molar-refractivity contribution in [3.63, 3.8) is 0 Å². The number of hydrogen-bond acceptors (Lipinski definition) is 2. The fraction of sp³-hybridized carbons (Fsp3) is 0.0667. The molecule has 102 valence electrons. The first kappa shape index (κ1) is 14.1. The highest BCUT2D eigenvalue weighted by molar-refractivity contribution is 7.80. The number of thiocarbonyl (C=S) groups is 1. The van der Waals surface area contributed by atoms with Crippen LogP contribution in [0.1, 0.15) is 15.9 Å². The molecule has 2 aromatic carbocycles. The highest BCUT2D eigenvalue weighted by atomic mass is 32.1. The van der Waals surface area contributed by atoms with Gasteiger partial charge in [-0.05, 0) is 35.9 Å². The molecule has 5 heteroatoms. The van der Waals surface area contributed by atoms with Crippen LogP contribution in [-0.2, 0) is 6.42 Å². The normalized spacial score (nSPS) is 10.1. The largest absolute Gasteiger partial charge is 0.393 e. The van der Waals surface area contributed by atoms with E-state index in [1.54, 1.807) is 30.3 Å². The van der Waals surface area contributed by atoms with Gasteiger partial charge in [0.2, 0.25) is 0 Å². The first-order valence-electron chi connectivity index (χ1n) is 5.99. The molecular weight excluding hydrogens is 275 g/mol. The molecule has 0 atom stereocenters. The average molecular weight is 288 g/mol. The van der Waals surface area contributed by atoms with Crippen molar-refractivity contribution < 1.29 is 9.18 Å². The lowest BCUT2D eigenvalue weighted by molar-refractivity contribution is 0.102. The van der Waals surface area contributed by atoms with E-state index in [-0.39, 0.29) is 5.91 Å². The maximum Gasteiger partial charge on any atom is 0.255 e. The van der Waals surface area contributed by atoms with Gasteiger partial charge in [0.1, 0.15) is 5.82 Å². The van der Waals surface area contributed by atoms with Crippen LogP contribution in [0.15, 0.2) is 48.5 Å². The van der Waals surface area contributed by atoms with Crippen molar-refractivity contribution in [3.8, 4) is 0 Å². The summed E-state index contributed by atoms with van der Waals surface area (Å²) in [5.74, 6) is -0.688. The number of carbonyl (C=O) groups excluding carboxylic acids is 1. The summed E-state index contributed by atoms with van der Waals surface area (Å²) < 4.78 is 13.0. The minimum Gasteiger partial charge on any atom is -0.393 e. The Morgan fingerprint density at radius 2 is 1.90 bits per heavy atom. The van der Waals surface area contributed by atoms with Gasteiger partial charge < -0.3 is 11.1 Å². The van der Waals surface area contributed by atoms with Crippen molar-refractivity contribution in [3.05, 3.63) is 65.5 Å². The maximum atomic E-state index is 13.0. The molecule has 3 nitrogen and oxygen atoms in total. The Morgan fingerprint density at radius 3 is 2.50 bits per heavy atom. The zero-order chi connectivity index (χ0) is 14.5. The van der Waals surface area contributed by atoms with Crippen molar-refractivity contribution in [2.24, 2.45) is 5.73 Å². The minimum absolute atomic E-state index is 0.294. The van der Waals surface area contributed by atoms with Crippen LogP contribution in [0.3, 0.4) is 0 Å². The van der Waals surface area contributed by atoms with Gasteiger partial charge in [0.15, 0.2) is 0 Å². The minimum atomic E-state index is -0.394. The van der Waals surface area contributed by atoms with Crippen LogP contribution in [0.25, 0.3) is 0 Å². The van der Waals surface area contributed by atoms with Crippen molar-refractivity contribution >= 4 is 28.8 Å². The van der Waals surface area contributed by atoms with Gasteiger partial charge in [-0.3, -0.25) is 4.79 Å². The SMILES string of the molecule is NC(=S)Cc1ccc(C(=O)Nc2cccc(F)c2)cc1. The number of carbonyl (C=O) groups is 1. The van der Waals surface area contributed by atoms with Gasteiger partial charge in [-0.1, -0.05) is 30.4 Å². The molecule has 0 fully saturated rings. The second kappa shape index (κ2) is 6.25. The third-order valence-electron chi connectivity index (χ3n) is 2.68. The summed E-state index contributed by atoms with van der Waals surface area (Å²) in [5.41, 5.74) is 7.31. The lowest BCUT2D eigenvalue weighted by Crippen LogP contribution is -2.13. The number of hydrogen-bond donors (Lipinski definition) is 2. The number of rotatable bonds is 4. The van der Waals surface area contributed by atoms with E-state index in [9.17, 15) is 9.18 Å². The number of anilines is 1. The number of benzene rings is 2. The Morgan fingerprint density at radius 1 is 1.20 bits per heavy atom. The molecule has 0 saturated carbocycles. The summed E-state index contributed by atoms with van der Waals surface area (Å²) in [6, 6.07) is 12.7. The summed E-state index contributed by atoms with van der Waals surface area (Å²) in [5, 5.41) is 2.63. The maximum absolute atomic E-state index is 13.0. The second-order valence-corrected chi connectivity index (χ2v) is 4.83. The molecule has 0 saturated heterocycles. The Balaban J connectivity index is 2.07. The molecule has 20 heavy (non-hydrogen) atoms. The molecule has 0 radical (unpaired) electrons. The molecule has 0 aromatic heterocycles. The van der Waals surface area contributed by atoms with Crippen molar-refractivity contribution in [1.82, 2.24) is 0 Å². The van der Waals surface area contributed by atoms with Gasteiger partial charge in [0, 0.05) is 17.7 Å². The average Bonchev–Trinajstić information content (AvgIpc) is 2.38. The van der Waals surface area contributed by atoms with E-state index >= 15 is 0 Å². The van der Waals surface area contributed by atoms with Gasteiger partial charge in [-0.25, -0.2) is 4.39 Å². The summed E-state index contributed by atoms with van der Waals surface area (Å²) in [4.78, 5) is 12.4. The van der Waals surface area contributed by atoms with E-state index in [0.29, 0.717) is 22.7 Å². The Labute approximate surface area is 121 Å². The molecule has 0 heterocycles. The molecule has 2 aromatic rings. The molecule has 2 rings (SSSR count). The third kappa shape index (κ3) is 3.86. The summed E-state index contributed by atoms with van der Waals surface area (Å²) in [7, 11) is 0. The molecular formula is C15H13FN2OS. The first-order chi connectivity index (χ1) is 9.54. The van der Waals surface area contributed by atoms with E-state index in [1.807, 2.05) is 0 Å². The highest BCUT2D eigenvalue weighted by Gasteiger charge is 2.06. The molecule has 0 aliphatic rings. The molecule has 0 spiro atoms. The number of nitrogens with one attached hydrogen (secondary N) is 1. The lowest BCUT2D eigenvalue weighted by atomic mass is 10.1. The lowest BCUT2D eigenvalue weighted by Gasteiger charge is -2.06. The molecule has 0 unspecified atom stereocenters. The van der Waals surface area contributed by atoms with E-state index in [4.69, 9.17) is 18.0 Å². The molecule has 3 N–H and O–H groups in total. The predicted molar refractivity (Wildman–Crippen MR) is 81.3 cm³/mol. The van der Waals surface area contributed by atoms with E-state index in [0.717, 1.165) is 5.56 Å². The topological polar surface area (TPSA) is 55.1 Å². The Kier molecular flexibility index (Phi) is 4.42. The van der Waals surface area contributed by atoms with E-state index < -0.39 is 5.82 Å². The van der Waals surface area contributed by atoms with Gasteiger partial charge in [0.25, 0.3) is 5.91 Å². The number of nitrogens with two attached hydrogens (primary N) is 1. The van der Waals surface area contributed by atoms with E-state index in [2.05, 4.69) is 5.32 Å². The van der Waals surface area contributed by atoms with Crippen LogP contribution < -0.4 is 11.1 Å². The predicted octanol–water partition coefficient (Wildman–Crippen LogP) is 2.91. The monoisotopic (exact) mass is 288 g/mol. The van der Waals surface area contributed by atoms with Crippen LogP contribution in [0.4, 0.5) is 10.1 Å². The van der Waals surface area contributed by atoms with Gasteiger partial charge in [-0.15, -0.1) is 0 Å². The third-order valence-corrected chi connectivity index (χ3v) is 2.82. The summed E-state index contributed by atoms with van der Waals surface area (Å²) >= 11 is 4.82. The van der Waals surface area contributed by atoms with Crippen LogP contribution in [0.5, 0.6) is 0 Å².